The topological polar surface area (TPSA) is 66.4 Å². The van der Waals surface area contributed by atoms with Crippen molar-refractivity contribution in [1.29, 1.82) is 0 Å². The van der Waals surface area contributed by atoms with E-state index in [1.165, 1.54) is 0 Å². The van der Waals surface area contributed by atoms with Crippen molar-refractivity contribution in [3.63, 3.8) is 0 Å². The molecule has 9 heteroatoms. The molecule has 43 heavy (non-hydrogen) atoms. The van der Waals surface area contributed by atoms with Gasteiger partial charge < -0.3 is 28.0 Å². The molecule has 1 N–H and O–H groups in total. The zero-order chi connectivity index (χ0) is 32.6. The molecule has 6 nitrogen and oxygen atoms in total. The number of hydrogen-bond acceptors (Lipinski definition) is 6. The van der Waals surface area contributed by atoms with Crippen molar-refractivity contribution in [2.75, 3.05) is 0 Å². The van der Waals surface area contributed by atoms with Gasteiger partial charge in [0, 0.05) is 11.1 Å². The number of benzene rings is 2. The van der Waals surface area contributed by atoms with E-state index in [2.05, 4.69) is 120 Å². The summed E-state index contributed by atoms with van der Waals surface area (Å²) in [5.41, 5.74) is 3.98. The lowest BCUT2D eigenvalue weighted by molar-refractivity contribution is 0.00578. The molecule has 0 bridgehead atoms. The molecule has 1 fully saturated rings. The molecule has 1 aliphatic rings. The van der Waals surface area contributed by atoms with Crippen molar-refractivity contribution < 1.29 is 28.0 Å². The Morgan fingerprint density at radius 2 is 1.12 bits per heavy atom. The summed E-state index contributed by atoms with van der Waals surface area (Å²) in [6.07, 6.45) is 0. The molecule has 0 saturated carbocycles. The summed E-state index contributed by atoms with van der Waals surface area (Å²) in [5.74, 6) is 0.782. The Balaban J connectivity index is 1.90. The summed E-state index contributed by atoms with van der Waals surface area (Å²) in [5, 5.41) is 10.3. The molecule has 2 aromatic rings. The van der Waals surface area contributed by atoms with Gasteiger partial charge in [-0.2, -0.15) is 0 Å². The van der Waals surface area contributed by atoms with E-state index < -0.39 is 23.8 Å². The fraction of sp³-hybridized carbons (Fsp3) is 0.647. The first-order valence-corrected chi connectivity index (χ1v) is 21.4. The second-order valence-corrected chi connectivity index (χ2v) is 25.7. The Morgan fingerprint density at radius 3 is 1.49 bits per heavy atom. The van der Waals surface area contributed by atoms with E-state index in [0.717, 1.165) is 33.5 Å². The van der Waals surface area contributed by atoms with Gasteiger partial charge >= 0.3 is 7.12 Å². The third-order valence-corrected chi connectivity index (χ3v) is 19.1. The van der Waals surface area contributed by atoms with Crippen LogP contribution in [0, 0.1) is 0 Å². The van der Waals surface area contributed by atoms with Crippen molar-refractivity contribution >= 4 is 29.2 Å². The monoisotopic (exact) mass is 628 g/mol. The quantitative estimate of drug-likeness (QED) is 0.254. The van der Waals surface area contributed by atoms with Crippen molar-refractivity contribution in [3.05, 3.63) is 58.7 Å². The Morgan fingerprint density at radius 1 is 0.698 bits per heavy atom. The summed E-state index contributed by atoms with van der Waals surface area (Å²) in [4.78, 5) is 0. The normalized spacial score (nSPS) is 17.4. The summed E-state index contributed by atoms with van der Waals surface area (Å²) < 4.78 is 32.4. The van der Waals surface area contributed by atoms with Crippen LogP contribution in [0.5, 0.6) is 5.75 Å². The maximum absolute atomic E-state index is 10.2. The van der Waals surface area contributed by atoms with Gasteiger partial charge in [0.15, 0.2) is 16.6 Å². The lowest BCUT2D eigenvalue weighted by atomic mass is 9.79. The van der Waals surface area contributed by atoms with Gasteiger partial charge in [0.05, 0.1) is 31.0 Å². The highest BCUT2D eigenvalue weighted by Gasteiger charge is 2.51. The molecule has 0 unspecified atom stereocenters. The average Bonchev–Trinajstić information content (AvgIpc) is 3.10. The van der Waals surface area contributed by atoms with E-state index in [0.29, 0.717) is 19.8 Å². The van der Waals surface area contributed by atoms with E-state index in [9.17, 15) is 5.11 Å². The minimum absolute atomic E-state index is 0.0547. The van der Waals surface area contributed by atoms with Crippen molar-refractivity contribution in [1.82, 2.24) is 0 Å². The van der Waals surface area contributed by atoms with Crippen LogP contribution in [0.3, 0.4) is 0 Å². The first kappa shape index (κ1) is 36.0. The highest BCUT2D eigenvalue weighted by Crippen LogP contribution is 2.40. The van der Waals surface area contributed by atoms with Gasteiger partial charge in [-0.3, -0.25) is 0 Å². The Hall–Kier alpha value is -1.46. The van der Waals surface area contributed by atoms with Crippen LogP contribution in [-0.2, 0) is 44.6 Å². The van der Waals surface area contributed by atoms with Crippen LogP contribution >= 0.6 is 0 Å². The molecule has 1 heterocycles. The summed E-state index contributed by atoms with van der Waals surface area (Å²) >= 11 is 0. The lowest BCUT2D eigenvalue weighted by Crippen LogP contribution is -2.41. The number of aliphatic hydroxyl groups excluding tert-OH is 1. The fourth-order valence-corrected chi connectivity index (χ4v) is 6.07. The Labute approximate surface area is 264 Å². The minimum Gasteiger partial charge on any atom is -0.488 e. The zero-order valence-corrected chi connectivity index (χ0v) is 31.4. The van der Waals surface area contributed by atoms with Crippen molar-refractivity contribution in [2.45, 2.75) is 143 Å². The van der Waals surface area contributed by atoms with E-state index in [1.54, 1.807) is 0 Å². The number of hydrogen-bond donors (Lipinski definition) is 1. The van der Waals surface area contributed by atoms with Crippen LogP contribution in [0.25, 0.3) is 0 Å². The van der Waals surface area contributed by atoms with Crippen molar-refractivity contribution in [3.8, 4) is 5.75 Å². The third-order valence-electron chi connectivity index (χ3n) is 10.2. The summed E-state index contributed by atoms with van der Waals surface area (Å²) in [7, 11) is -4.44. The van der Waals surface area contributed by atoms with Crippen LogP contribution in [0.1, 0.15) is 91.5 Å². The predicted octanol–water partition coefficient (Wildman–Crippen LogP) is 8.10. The maximum atomic E-state index is 10.2. The number of rotatable bonds is 11. The molecule has 0 aromatic heterocycles. The first-order chi connectivity index (χ1) is 19.5. The van der Waals surface area contributed by atoms with Gasteiger partial charge in [-0.15, -0.1) is 0 Å². The second-order valence-electron chi connectivity index (χ2n) is 16.1. The van der Waals surface area contributed by atoms with Gasteiger partial charge in [-0.25, -0.2) is 0 Å². The lowest BCUT2D eigenvalue weighted by Gasteiger charge is -2.37. The molecule has 0 amide bonds. The molecule has 0 radical (unpaired) electrons. The van der Waals surface area contributed by atoms with Crippen LogP contribution in [0.4, 0.5) is 0 Å². The number of aliphatic hydroxyl groups is 1. The van der Waals surface area contributed by atoms with Crippen molar-refractivity contribution in [2.24, 2.45) is 0 Å². The van der Waals surface area contributed by atoms with E-state index in [4.69, 9.17) is 22.9 Å². The van der Waals surface area contributed by atoms with Crippen LogP contribution < -0.4 is 10.2 Å². The van der Waals surface area contributed by atoms with Gasteiger partial charge in [-0.05, 0) is 92.7 Å². The van der Waals surface area contributed by atoms with Gasteiger partial charge in [0.1, 0.15) is 12.4 Å². The largest absolute Gasteiger partial charge is 0.494 e. The zero-order valence-electron chi connectivity index (χ0n) is 29.4. The third kappa shape index (κ3) is 8.42. The van der Waals surface area contributed by atoms with Crippen LogP contribution in [0.15, 0.2) is 36.4 Å². The molecule has 1 saturated heterocycles. The van der Waals surface area contributed by atoms with Crippen LogP contribution in [0.2, 0.25) is 36.3 Å². The SMILES string of the molecule is CC1(C)OB(c2ccc(COc3c(CO[Si](C)(C)C(C)(C)C)cc(CO)cc3CO[Si](C)(C)C(C)(C)C)cc2)OC1(C)C. The number of ether oxygens (including phenoxy) is 1. The maximum Gasteiger partial charge on any atom is 0.494 e. The standard InChI is InChI=1S/C34H57BO6Si2/c1-31(2,3)42(11,12)38-23-27-19-26(21-36)20-28(24-39-43(13,14)32(4,5)6)30(27)37-22-25-15-17-29(18-16-25)35-40-33(7,8)34(9,10)41-35/h15-20,36H,21-24H2,1-14H3. The molecule has 0 spiro atoms. The van der Waals surface area contributed by atoms with E-state index in [-0.39, 0.29) is 27.9 Å². The Kier molecular flexibility index (Phi) is 10.7. The molecule has 3 rings (SSSR count). The van der Waals surface area contributed by atoms with Gasteiger partial charge in [-0.1, -0.05) is 65.8 Å². The summed E-state index contributed by atoms with van der Waals surface area (Å²) in [6, 6.07) is 12.3. The fourth-order valence-electron chi connectivity index (χ4n) is 4.17. The second kappa shape index (κ2) is 12.7. The molecule has 0 aliphatic carbocycles. The molecular formula is C34H57BO6Si2. The average molecular weight is 629 g/mol. The molecule has 0 atom stereocenters. The van der Waals surface area contributed by atoms with Gasteiger partial charge in [0.2, 0.25) is 0 Å². The van der Waals surface area contributed by atoms with Crippen LogP contribution in [-0.4, -0.2) is 40.1 Å². The highest BCUT2D eigenvalue weighted by atomic mass is 28.4. The van der Waals surface area contributed by atoms with E-state index >= 15 is 0 Å². The van der Waals surface area contributed by atoms with Gasteiger partial charge in [0.25, 0.3) is 0 Å². The molecule has 2 aromatic carbocycles. The molecule has 240 valence electrons. The van der Waals surface area contributed by atoms with E-state index in [1.807, 2.05) is 12.1 Å². The predicted molar refractivity (Wildman–Crippen MR) is 183 cm³/mol. The Bertz CT molecular complexity index is 1180. The first-order valence-electron chi connectivity index (χ1n) is 15.6. The molecular weight excluding hydrogens is 571 g/mol. The smallest absolute Gasteiger partial charge is 0.488 e. The highest BCUT2D eigenvalue weighted by molar-refractivity contribution is 6.74. The minimum atomic E-state index is -2.02. The summed E-state index contributed by atoms with van der Waals surface area (Å²) in [6.45, 7) is 31.9. The molecule has 1 aliphatic heterocycles.